The molecular formula is C28H28N6O8. The van der Waals surface area contributed by atoms with E-state index < -0.39 is 54.7 Å². The highest BCUT2D eigenvalue weighted by Gasteiger charge is 2.47. The summed E-state index contributed by atoms with van der Waals surface area (Å²) in [5.41, 5.74) is 3.36. The molecule has 14 heteroatoms. The summed E-state index contributed by atoms with van der Waals surface area (Å²) in [4.78, 5) is 47.9. The van der Waals surface area contributed by atoms with Gasteiger partial charge in [0.05, 0.1) is 12.9 Å². The Morgan fingerprint density at radius 2 is 1.74 bits per heavy atom. The van der Waals surface area contributed by atoms with Crippen LogP contribution in [0, 0.1) is 0 Å². The van der Waals surface area contributed by atoms with E-state index in [0.717, 1.165) is 22.3 Å². The van der Waals surface area contributed by atoms with E-state index in [0.29, 0.717) is 0 Å². The predicted octanol–water partition coefficient (Wildman–Crippen LogP) is 0.597. The molecule has 0 saturated carbocycles. The molecule has 2 aromatic heterocycles. The number of alkyl carbamates (subject to hydrolysis) is 1. The number of carbonyl (C=O) groups is 2. The third-order valence-electron chi connectivity index (χ3n) is 7.53. The van der Waals surface area contributed by atoms with E-state index in [9.17, 15) is 29.7 Å². The van der Waals surface area contributed by atoms with Crippen LogP contribution in [0.1, 0.15) is 30.2 Å². The molecular weight excluding hydrogens is 548 g/mol. The van der Waals surface area contributed by atoms with Gasteiger partial charge in [-0.3, -0.25) is 24.5 Å². The lowest BCUT2D eigenvalue weighted by atomic mass is 9.96. The molecule has 0 bridgehead atoms. The summed E-state index contributed by atoms with van der Waals surface area (Å²) in [6, 6.07) is 14.4. The van der Waals surface area contributed by atoms with Gasteiger partial charge < -0.3 is 30.1 Å². The van der Waals surface area contributed by atoms with Crippen LogP contribution >= 0.6 is 0 Å². The Morgan fingerprint density at radius 1 is 1.07 bits per heavy atom. The van der Waals surface area contributed by atoms with Crippen LogP contribution in [0.5, 0.6) is 0 Å². The van der Waals surface area contributed by atoms with Gasteiger partial charge in [-0.15, -0.1) is 0 Å². The summed E-state index contributed by atoms with van der Waals surface area (Å²) in [5, 5.41) is 36.3. The molecule has 6 rings (SSSR count). The lowest BCUT2D eigenvalue weighted by Gasteiger charge is -2.42. The molecule has 0 radical (unpaired) electrons. The molecule has 1 aliphatic carbocycles. The smallest absolute Gasteiger partial charge is 0.407 e. The van der Waals surface area contributed by atoms with Crippen molar-refractivity contribution in [2.75, 3.05) is 18.5 Å². The number of aromatic nitrogens is 4. The number of anilines is 1. The first-order valence-corrected chi connectivity index (χ1v) is 13.2. The van der Waals surface area contributed by atoms with Crippen molar-refractivity contribution >= 4 is 29.1 Å². The minimum atomic E-state index is -1.62. The lowest BCUT2D eigenvalue weighted by molar-refractivity contribution is -0.214. The van der Waals surface area contributed by atoms with E-state index in [4.69, 9.17) is 9.47 Å². The van der Waals surface area contributed by atoms with Gasteiger partial charge in [0.2, 0.25) is 11.9 Å². The first kappa shape index (κ1) is 27.5. The molecule has 4 aromatic rings. The minimum absolute atomic E-state index is 0.00102. The van der Waals surface area contributed by atoms with Gasteiger partial charge in [0.15, 0.2) is 17.4 Å². The molecule has 0 unspecified atom stereocenters. The summed E-state index contributed by atoms with van der Waals surface area (Å²) in [6.45, 7) is 0.592. The van der Waals surface area contributed by atoms with Gasteiger partial charge >= 0.3 is 6.09 Å². The quantitative estimate of drug-likeness (QED) is 0.189. The Morgan fingerprint density at radius 3 is 2.38 bits per heavy atom. The first-order chi connectivity index (χ1) is 20.3. The SMILES string of the molecule is CC(=O)Nc1nc2c(ncn2[C@@H]2O[C@H](CO)[C@@H](O)[C@H](O)[C@@H]2NC(=O)OCC2c3ccccc3-c3ccccc32)c(=O)[nH]1. The number of carbonyl (C=O) groups excluding carboxylic acids is 2. The molecule has 218 valence electrons. The monoisotopic (exact) mass is 576 g/mol. The minimum Gasteiger partial charge on any atom is -0.449 e. The number of aliphatic hydroxyl groups excluding tert-OH is 3. The van der Waals surface area contributed by atoms with Crippen molar-refractivity contribution in [2.45, 2.75) is 43.4 Å². The number of nitrogens with zero attached hydrogens (tertiary/aromatic N) is 3. The fourth-order valence-electron chi connectivity index (χ4n) is 5.61. The van der Waals surface area contributed by atoms with E-state index in [-0.39, 0.29) is 29.6 Å². The maximum absolute atomic E-state index is 13.1. The molecule has 0 spiro atoms. The second-order valence-electron chi connectivity index (χ2n) is 10.1. The van der Waals surface area contributed by atoms with Gasteiger partial charge in [-0.25, -0.2) is 9.78 Å². The zero-order chi connectivity index (χ0) is 29.5. The average molecular weight is 577 g/mol. The normalized spacial score (nSPS) is 23.3. The largest absolute Gasteiger partial charge is 0.449 e. The van der Waals surface area contributed by atoms with E-state index >= 15 is 0 Å². The second-order valence-corrected chi connectivity index (χ2v) is 10.1. The van der Waals surface area contributed by atoms with Crippen LogP contribution in [0.25, 0.3) is 22.3 Å². The Labute approximate surface area is 238 Å². The zero-order valence-electron chi connectivity index (χ0n) is 22.3. The highest BCUT2D eigenvalue weighted by molar-refractivity contribution is 5.87. The standard InChI is InChI=1S/C28H28N6O8/c1-13(36)30-27-32-24-21(25(39)33-27)29-12-34(24)26-20(23(38)22(37)19(10-35)42-26)31-28(40)41-11-18-16-8-4-2-6-14(16)15-7-3-5-9-17(15)18/h2-9,12,18-20,22-23,26,35,37-38H,10-11H2,1H3,(H,31,40)(H2,30,32,33,36,39)/t19-,20+,22-,23-,26-/m1/s1. The Hall–Kier alpha value is -4.63. The number of imidazole rings is 1. The number of benzene rings is 2. The summed E-state index contributed by atoms with van der Waals surface area (Å²) < 4.78 is 12.8. The molecule has 5 atom stereocenters. The van der Waals surface area contributed by atoms with Crippen molar-refractivity contribution in [3.63, 3.8) is 0 Å². The Bertz CT molecular complexity index is 1670. The Kier molecular flexibility index (Phi) is 7.20. The maximum Gasteiger partial charge on any atom is 0.407 e. The summed E-state index contributed by atoms with van der Waals surface area (Å²) in [7, 11) is 0. The van der Waals surface area contributed by atoms with Crippen molar-refractivity contribution < 1.29 is 34.4 Å². The Balaban J connectivity index is 1.27. The molecule has 1 fully saturated rings. The number of aliphatic hydroxyl groups is 3. The highest BCUT2D eigenvalue weighted by atomic mass is 16.6. The van der Waals surface area contributed by atoms with E-state index in [1.807, 2.05) is 48.5 Å². The number of aromatic amines is 1. The maximum atomic E-state index is 13.1. The van der Waals surface area contributed by atoms with E-state index in [1.54, 1.807) is 0 Å². The number of rotatable bonds is 6. The van der Waals surface area contributed by atoms with Gasteiger partial charge in [0.1, 0.15) is 31.0 Å². The van der Waals surface area contributed by atoms with E-state index in [1.165, 1.54) is 17.8 Å². The molecule has 6 N–H and O–H groups in total. The number of fused-ring (bicyclic) bond motifs is 4. The molecule has 42 heavy (non-hydrogen) atoms. The van der Waals surface area contributed by atoms with Crippen molar-refractivity contribution in [3.05, 3.63) is 76.3 Å². The topological polar surface area (TPSA) is 201 Å². The molecule has 1 saturated heterocycles. The van der Waals surface area contributed by atoms with Crippen molar-refractivity contribution in [1.82, 2.24) is 24.8 Å². The van der Waals surface area contributed by atoms with Gasteiger partial charge in [-0.2, -0.15) is 4.98 Å². The molecule has 3 heterocycles. The fourth-order valence-corrected chi connectivity index (χ4v) is 5.61. The average Bonchev–Trinajstić information content (AvgIpc) is 3.54. The van der Waals surface area contributed by atoms with Crippen LogP contribution in [0.3, 0.4) is 0 Å². The third-order valence-corrected chi connectivity index (χ3v) is 7.53. The van der Waals surface area contributed by atoms with Gasteiger partial charge in [-0.05, 0) is 22.3 Å². The number of nitrogens with one attached hydrogen (secondary N) is 3. The third kappa shape index (κ3) is 4.79. The lowest BCUT2D eigenvalue weighted by Crippen LogP contribution is -2.62. The van der Waals surface area contributed by atoms with Crippen molar-refractivity contribution in [1.29, 1.82) is 0 Å². The van der Waals surface area contributed by atoms with Crippen molar-refractivity contribution in [2.24, 2.45) is 0 Å². The van der Waals surface area contributed by atoms with Crippen LogP contribution in [-0.2, 0) is 14.3 Å². The predicted molar refractivity (Wildman–Crippen MR) is 147 cm³/mol. The number of hydrogen-bond donors (Lipinski definition) is 6. The van der Waals surface area contributed by atoms with Crippen LogP contribution < -0.4 is 16.2 Å². The summed E-state index contributed by atoms with van der Waals surface area (Å²) >= 11 is 0. The first-order valence-electron chi connectivity index (χ1n) is 13.2. The fraction of sp³-hybridized carbons (Fsp3) is 0.321. The van der Waals surface area contributed by atoms with E-state index in [2.05, 4.69) is 25.6 Å². The number of hydrogen-bond acceptors (Lipinski definition) is 10. The van der Waals surface area contributed by atoms with Crippen molar-refractivity contribution in [3.8, 4) is 11.1 Å². The number of ether oxygens (including phenoxy) is 2. The number of amides is 2. The summed E-state index contributed by atoms with van der Waals surface area (Å²) in [5.74, 6) is -0.847. The van der Waals surface area contributed by atoms with Gasteiger partial charge in [0, 0.05) is 12.8 Å². The highest BCUT2D eigenvalue weighted by Crippen LogP contribution is 2.44. The molecule has 2 aromatic carbocycles. The molecule has 1 aliphatic heterocycles. The molecule has 2 aliphatic rings. The van der Waals surface area contributed by atoms with Crippen LogP contribution in [0.4, 0.5) is 10.7 Å². The number of H-pyrrole nitrogens is 1. The van der Waals surface area contributed by atoms with Gasteiger partial charge in [-0.1, -0.05) is 48.5 Å². The second kappa shape index (κ2) is 11.0. The van der Waals surface area contributed by atoms with Gasteiger partial charge in [0.25, 0.3) is 5.56 Å². The van der Waals surface area contributed by atoms with Crippen LogP contribution in [0.2, 0.25) is 0 Å². The molecule has 2 amide bonds. The zero-order valence-corrected chi connectivity index (χ0v) is 22.3. The summed E-state index contributed by atoms with van der Waals surface area (Å²) in [6.07, 6.45) is -5.38. The van der Waals surface area contributed by atoms with Crippen LogP contribution in [-0.4, -0.2) is 84.4 Å². The van der Waals surface area contributed by atoms with Crippen LogP contribution in [0.15, 0.2) is 59.7 Å². The molecule has 14 nitrogen and oxygen atoms in total.